The second kappa shape index (κ2) is 5.14. The average Bonchev–Trinajstić information content (AvgIpc) is 3.11. The standard InChI is InChI=1S/C16H17BrN2O2/c17-11-5-4-10-8-13(18-12(10)9-11)16(20)19-6-7-21-15-3-1-2-14(15)19/h4-5,8-9,14-15,18H,1-3,6-7H2/t14-,15+/m0/s1. The number of rotatable bonds is 1. The number of morpholine rings is 1. The first kappa shape index (κ1) is 13.3. The fourth-order valence-electron chi connectivity index (χ4n) is 3.55. The van der Waals surface area contributed by atoms with E-state index in [4.69, 9.17) is 4.74 Å². The van der Waals surface area contributed by atoms with Crippen molar-refractivity contribution < 1.29 is 9.53 Å². The summed E-state index contributed by atoms with van der Waals surface area (Å²) in [6, 6.07) is 8.22. The molecule has 5 heteroatoms. The van der Waals surface area contributed by atoms with Gasteiger partial charge in [-0.15, -0.1) is 0 Å². The van der Waals surface area contributed by atoms with Crippen LogP contribution in [0.5, 0.6) is 0 Å². The molecular formula is C16H17BrN2O2. The van der Waals surface area contributed by atoms with Crippen LogP contribution >= 0.6 is 15.9 Å². The van der Waals surface area contributed by atoms with E-state index < -0.39 is 0 Å². The van der Waals surface area contributed by atoms with Crippen LogP contribution in [0.1, 0.15) is 29.8 Å². The molecule has 2 heterocycles. The maximum atomic E-state index is 12.8. The molecule has 1 aliphatic heterocycles. The van der Waals surface area contributed by atoms with Crippen molar-refractivity contribution in [3.05, 3.63) is 34.4 Å². The molecule has 2 aromatic rings. The summed E-state index contributed by atoms with van der Waals surface area (Å²) in [5, 5.41) is 1.07. The third-order valence-electron chi connectivity index (χ3n) is 4.56. The SMILES string of the molecule is O=C(c1cc2ccc(Br)cc2[nH]1)N1CCO[C@@H]2CCC[C@@H]21. The first-order valence-corrected chi connectivity index (χ1v) is 8.22. The lowest BCUT2D eigenvalue weighted by Gasteiger charge is -2.37. The number of aromatic amines is 1. The second-order valence-electron chi connectivity index (χ2n) is 5.82. The third-order valence-corrected chi connectivity index (χ3v) is 5.05. The first-order valence-electron chi connectivity index (χ1n) is 7.43. The number of H-pyrrole nitrogens is 1. The van der Waals surface area contributed by atoms with E-state index in [9.17, 15) is 4.79 Å². The number of amides is 1. The predicted molar refractivity (Wildman–Crippen MR) is 84.4 cm³/mol. The van der Waals surface area contributed by atoms with E-state index in [0.29, 0.717) is 18.8 Å². The van der Waals surface area contributed by atoms with Gasteiger partial charge in [0.05, 0.1) is 18.8 Å². The quantitative estimate of drug-likeness (QED) is 0.859. The molecule has 1 saturated heterocycles. The van der Waals surface area contributed by atoms with Crippen molar-refractivity contribution >= 4 is 32.7 Å². The molecule has 4 nitrogen and oxygen atoms in total. The van der Waals surface area contributed by atoms with Crippen molar-refractivity contribution in [1.82, 2.24) is 9.88 Å². The fraction of sp³-hybridized carbons (Fsp3) is 0.438. The van der Waals surface area contributed by atoms with E-state index in [0.717, 1.165) is 34.6 Å². The summed E-state index contributed by atoms with van der Waals surface area (Å²) in [5.41, 5.74) is 1.67. The summed E-state index contributed by atoms with van der Waals surface area (Å²) >= 11 is 3.46. The van der Waals surface area contributed by atoms with Crippen molar-refractivity contribution in [3.63, 3.8) is 0 Å². The molecule has 110 valence electrons. The van der Waals surface area contributed by atoms with Crippen molar-refractivity contribution in [1.29, 1.82) is 0 Å². The van der Waals surface area contributed by atoms with Crippen LogP contribution in [-0.4, -0.2) is 41.1 Å². The smallest absolute Gasteiger partial charge is 0.270 e. The Morgan fingerprint density at radius 2 is 2.24 bits per heavy atom. The minimum atomic E-state index is 0.0996. The van der Waals surface area contributed by atoms with Crippen LogP contribution in [0.3, 0.4) is 0 Å². The number of hydrogen-bond acceptors (Lipinski definition) is 2. The Hall–Kier alpha value is -1.33. The molecule has 1 N–H and O–H groups in total. The van der Waals surface area contributed by atoms with E-state index in [2.05, 4.69) is 20.9 Å². The molecule has 21 heavy (non-hydrogen) atoms. The van der Waals surface area contributed by atoms with Gasteiger partial charge in [-0.25, -0.2) is 0 Å². The fourth-order valence-corrected chi connectivity index (χ4v) is 3.91. The van der Waals surface area contributed by atoms with Crippen LogP contribution in [0, 0.1) is 0 Å². The van der Waals surface area contributed by atoms with E-state index in [-0.39, 0.29) is 18.1 Å². The zero-order valence-corrected chi connectivity index (χ0v) is 13.2. The van der Waals surface area contributed by atoms with Crippen molar-refractivity contribution in [2.24, 2.45) is 0 Å². The molecule has 2 aliphatic rings. The largest absolute Gasteiger partial charge is 0.374 e. The topological polar surface area (TPSA) is 45.3 Å². The van der Waals surface area contributed by atoms with Crippen LogP contribution in [0.4, 0.5) is 0 Å². The van der Waals surface area contributed by atoms with E-state index in [1.54, 1.807) is 0 Å². The van der Waals surface area contributed by atoms with Crippen molar-refractivity contribution in [2.75, 3.05) is 13.2 Å². The number of carbonyl (C=O) groups excluding carboxylic acids is 1. The summed E-state index contributed by atoms with van der Waals surface area (Å²) < 4.78 is 6.79. The number of hydrogen-bond donors (Lipinski definition) is 1. The predicted octanol–water partition coefficient (Wildman–Crippen LogP) is 3.32. The Morgan fingerprint density at radius 3 is 3.14 bits per heavy atom. The third kappa shape index (κ3) is 2.28. The molecular weight excluding hydrogens is 332 g/mol. The average molecular weight is 349 g/mol. The zero-order valence-electron chi connectivity index (χ0n) is 11.6. The van der Waals surface area contributed by atoms with E-state index in [1.807, 2.05) is 29.2 Å². The Kier molecular flexibility index (Phi) is 3.27. The summed E-state index contributed by atoms with van der Waals surface area (Å²) in [4.78, 5) is 18.1. The maximum absolute atomic E-state index is 12.8. The van der Waals surface area contributed by atoms with Gasteiger partial charge in [-0.3, -0.25) is 4.79 Å². The van der Waals surface area contributed by atoms with E-state index in [1.165, 1.54) is 0 Å². The lowest BCUT2D eigenvalue weighted by atomic mass is 10.1. The maximum Gasteiger partial charge on any atom is 0.270 e. The molecule has 1 aliphatic carbocycles. The molecule has 0 unspecified atom stereocenters. The van der Waals surface area contributed by atoms with Crippen LogP contribution < -0.4 is 0 Å². The number of aromatic nitrogens is 1. The number of nitrogens with one attached hydrogen (secondary N) is 1. The van der Waals surface area contributed by atoms with Gasteiger partial charge in [-0.05, 0) is 37.5 Å². The Balaban J connectivity index is 1.66. The van der Waals surface area contributed by atoms with Crippen LogP contribution in [-0.2, 0) is 4.74 Å². The molecule has 2 fully saturated rings. The Morgan fingerprint density at radius 1 is 1.33 bits per heavy atom. The summed E-state index contributed by atoms with van der Waals surface area (Å²) in [6.07, 6.45) is 3.52. The van der Waals surface area contributed by atoms with Crippen molar-refractivity contribution in [3.8, 4) is 0 Å². The monoisotopic (exact) mass is 348 g/mol. The molecule has 0 radical (unpaired) electrons. The Labute approximate surface area is 131 Å². The molecule has 0 bridgehead atoms. The number of nitrogens with zero attached hydrogens (tertiary/aromatic N) is 1. The highest BCUT2D eigenvalue weighted by Gasteiger charge is 2.38. The molecule has 1 aromatic carbocycles. The number of ether oxygens (including phenoxy) is 1. The first-order chi connectivity index (χ1) is 10.2. The van der Waals surface area contributed by atoms with Gasteiger partial charge in [0.25, 0.3) is 5.91 Å². The highest BCUT2D eigenvalue weighted by atomic mass is 79.9. The minimum Gasteiger partial charge on any atom is -0.374 e. The van der Waals surface area contributed by atoms with Gasteiger partial charge in [0, 0.05) is 21.9 Å². The minimum absolute atomic E-state index is 0.0996. The molecule has 1 aromatic heterocycles. The van der Waals surface area contributed by atoms with Crippen LogP contribution in [0.15, 0.2) is 28.7 Å². The summed E-state index contributed by atoms with van der Waals surface area (Å²) in [6.45, 7) is 1.34. The summed E-state index contributed by atoms with van der Waals surface area (Å²) in [5.74, 6) is 0.0996. The number of carbonyl (C=O) groups is 1. The molecule has 4 rings (SSSR count). The molecule has 1 amide bonds. The van der Waals surface area contributed by atoms with Crippen molar-refractivity contribution in [2.45, 2.75) is 31.4 Å². The van der Waals surface area contributed by atoms with E-state index >= 15 is 0 Å². The Bertz CT molecular complexity index is 697. The second-order valence-corrected chi connectivity index (χ2v) is 6.74. The van der Waals surface area contributed by atoms with Gasteiger partial charge < -0.3 is 14.6 Å². The van der Waals surface area contributed by atoms with Gasteiger partial charge in [-0.1, -0.05) is 22.0 Å². The lowest BCUT2D eigenvalue weighted by Crippen LogP contribution is -2.51. The summed E-state index contributed by atoms with van der Waals surface area (Å²) in [7, 11) is 0. The number of halogens is 1. The number of fused-ring (bicyclic) bond motifs is 2. The number of benzene rings is 1. The molecule has 2 atom stereocenters. The van der Waals surface area contributed by atoms with Gasteiger partial charge in [0.1, 0.15) is 5.69 Å². The lowest BCUT2D eigenvalue weighted by molar-refractivity contribution is -0.0446. The van der Waals surface area contributed by atoms with Crippen LogP contribution in [0.25, 0.3) is 10.9 Å². The molecule has 1 saturated carbocycles. The highest BCUT2D eigenvalue weighted by molar-refractivity contribution is 9.10. The van der Waals surface area contributed by atoms with Crippen LogP contribution in [0.2, 0.25) is 0 Å². The van der Waals surface area contributed by atoms with Gasteiger partial charge >= 0.3 is 0 Å². The normalized spacial score (nSPS) is 25.3. The van der Waals surface area contributed by atoms with Gasteiger partial charge in [0.2, 0.25) is 0 Å². The van der Waals surface area contributed by atoms with Gasteiger partial charge in [-0.2, -0.15) is 0 Å². The van der Waals surface area contributed by atoms with Gasteiger partial charge in [0.15, 0.2) is 0 Å². The highest BCUT2D eigenvalue weighted by Crippen LogP contribution is 2.31. The molecule has 0 spiro atoms. The zero-order chi connectivity index (χ0) is 14.4.